The fourth-order valence-corrected chi connectivity index (χ4v) is 2.35. The molecule has 2 heterocycles. The molecule has 1 amide bonds. The van der Waals surface area contributed by atoms with Gasteiger partial charge >= 0.3 is 0 Å². The third-order valence-corrected chi connectivity index (χ3v) is 3.45. The molecule has 0 unspecified atom stereocenters. The predicted octanol–water partition coefficient (Wildman–Crippen LogP) is 0.519. The summed E-state index contributed by atoms with van der Waals surface area (Å²) in [5.74, 6) is 0.206. The summed E-state index contributed by atoms with van der Waals surface area (Å²) in [6.45, 7) is 5.48. The van der Waals surface area contributed by atoms with Crippen molar-refractivity contribution in [2.45, 2.75) is 39.2 Å². The SMILES string of the molecule is Cc1n[nH]c(C)c1CCC(=O)N1CC[C@H](N)C1. The maximum Gasteiger partial charge on any atom is 0.222 e. The van der Waals surface area contributed by atoms with Crippen LogP contribution in [-0.2, 0) is 11.2 Å². The molecular weight excluding hydrogens is 216 g/mol. The number of nitrogens with one attached hydrogen (secondary N) is 1. The Kier molecular flexibility index (Phi) is 3.47. The van der Waals surface area contributed by atoms with Gasteiger partial charge in [0.05, 0.1) is 5.69 Å². The van der Waals surface area contributed by atoms with E-state index < -0.39 is 0 Å². The molecule has 0 saturated carbocycles. The number of hydrogen-bond donors (Lipinski definition) is 2. The Morgan fingerprint density at radius 3 is 2.88 bits per heavy atom. The second-order valence-electron chi connectivity index (χ2n) is 4.80. The summed E-state index contributed by atoms with van der Waals surface area (Å²) >= 11 is 0. The normalized spacial score (nSPS) is 19.9. The number of amides is 1. The highest BCUT2D eigenvalue weighted by Gasteiger charge is 2.23. The van der Waals surface area contributed by atoms with Crippen molar-refractivity contribution < 1.29 is 4.79 Å². The molecule has 1 atom stereocenters. The third kappa shape index (κ3) is 2.66. The number of aryl methyl sites for hydroxylation is 2. The number of nitrogens with two attached hydrogens (primary N) is 1. The second-order valence-corrected chi connectivity index (χ2v) is 4.80. The highest BCUT2D eigenvalue weighted by Crippen LogP contribution is 2.14. The highest BCUT2D eigenvalue weighted by atomic mass is 16.2. The number of carbonyl (C=O) groups is 1. The zero-order chi connectivity index (χ0) is 12.4. The van der Waals surface area contributed by atoms with Crippen LogP contribution < -0.4 is 5.73 Å². The predicted molar refractivity (Wildman–Crippen MR) is 65.6 cm³/mol. The van der Waals surface area contributed by atoms with Crippen molar-refractivity contribution >= 4 is 5.91 Å². The number of rotatable bonds is 3. The summed E-state index contributed by atoms with van der Waals surface area (Å²) in [6, 6.07) is 0.163. The summed E-state index contributed by atoms with van der Waals surface area (Å²) in [6.07, 6.45) is 2.24. The highest BCUT2D eigenvalue weighted by molar-refractivity contribution is 5.76. The molecule has 1 aromatic rings. The van der Waals surface area contributed by atoms with Gasteiger partial charge in [-0.15, -0.1) is 0 Å². The largest absolute Gasteiger partial charge is 0.341 e. The van der Waals surface area contributed by atoms with Gasteiger partial charge in [0.25, 0.3) is 0 Å². The average Bonchev–Trinajstić information content (AvgIpc) is 2.84. The molecule has 2 rings (SSSR count). The minimum atomic E-state index is 0.163. The third-order valence-electron chi connectivity index (χ3n) is 3.45. The first-order valence-corrected chi connectivity index (χ1v) is 6.11. The molecule has 3 N–H and O–H groups in total. The maximum absolute atomic E-state index is 11.9. The smallest absolute Gasteiger partial charge is 0.222 e. The molecule has 0 aliphatic carbocycles. The van der Waals surface area contributed by atoms with Crippen LogP contribution in [0.4, 0.5) is 0 Å². The van der Waals surface area contributed by atoms with E-state index in [0.717, 1.165) is 30.8 Å². The van der Waals surface area contributed by atoms with Crippen molar-refractivity contribution in [2.75, 3.05) is 13.1 Å². The number of aromatic amines is 1. The van der Waals surface area contributed by atoms with E-state index in [-0.39, 0.29) is 11.9 Å². The van der Waals surface area contributed by atoms with Gasteiger partial charge in [-0.1, -0.05) is 0 Å². The molecule has 1 aliphatic heterocycles. The fourth-order valence-electron chi connectivity index (χ4n) is 2.35. The topological polar surface area (TPSA) is 75.0 Å². The first-order valence-electron chi connectivity index (χ1n) is 6.11. The van der Waals surface area contributed by atoms with Gasteiger partial charge < -0.3 is 10.6 Å². The van der Waals surface area contributed by atoms with E-state index in [1.165, 1.54) is 5.56 Å². The number of aromatic nitrogens is 2. The Morgan fingerprint density at radius 2 is 2.35 bits per heavy atom. The van der Waals surface area contributed by atoms with Crippen molar-refractivity contribution in [3.8, 4) is 0 Å². The van der Waals surface area contributed by atoms with E-state index in [9.17, 15) is 4.79 Å². The molecule has 1 aliphatic rings. The van der Waals surface area contributed by atoms with Gasteiger partial charge in [0, 0.05) is 31.2 Å². The molecule has 5 heteroatoms. The van der Waals surface area contributed by atoms with E-state index in [1.54, 1.807) is 0 Å². The molecule has 0 bridgehead atoms. The van der Waals surface area contributed by atoms with Crippen LogP contribution in [0.1, 0.15) is 29.8 Å². The van der Waals surface area contributed by atoms with Crippen molar-refractivity contribution in [2.24, 2.45) is 5.73 Å². The van der Waals surface area contributed by atoms with Crippen LogP contribution in [0.3, 0.4) is 0 Å². The van der Waals surface area contributed by atoms with Crippen molar-refractivity contribution in [3.05, 3.63) is 17.0 Å². The molecule has 0 radical (unpaired) electrons. The van der Waals surface area contributed by atoms with Gasteiger partial charge in [0.2, 0.25) is 5.91 Å². The number of likely N-dealkylation sites (tertiary alicyclic amines) is 1. The van der Waals surface area contributed by atoms with Crippen LogP contribution in [0.25, 0.3) is 0 Å². The van der Waals surface area contributed by atoms with E-state index >= 15 is 0 Å². The quantitative estimate of drug-likeness (QED) is 0.803. The van der Waals surface area contributed by atoms with Crippen LogP contribution in [-0.4, -0.2) is 40.1 Å². The van der Waals surface area contributed by atoms with Crippen molar-refractivity contribution in [3.63, 3.8) is 0 Å². The van der Waals surface area contributed by atoms with Crippen molar-refractivity contribution in [1.82, 2.24) is 15.1 Å². The monoisotopic (exact) mass is 236 g/mol. The molecule has 1 saturated heterocycles. The van der Waals surface area contributed by atoms with Gasteiger partial charge in [-0.05, 0) is 32.3 Å². The van der Waals surface area contributed by atoms with Gasteiger partial charge in [-0.2, -0.15) is 5.10 Å². The maximum atomic E-state index is 11.9. The molecule has 17 heavy (non-hydrogen) atoms. The van der Waals surface area contributed by atoms with Gasteiger partial charge in [0.1, 0.15) is 0 Å². The zero-order valence-corrected chi connectivity index (χ0v) is 10.5. The summed E-state index contributed by atoms with van der Waals surface area (Å²) < 4.78 is 0. The van der Waals surface area contributed by atoms with Gasteiger partial charge in [0.15, 0.2) is 0 Å². The van der Waals surface area contributed by atoms with Crippen LogP contribution in [0.2, 0.25) is 0 Å². The van der Waals surface area contributed by atoms with E-state index in [4.69, 9.17) is 5.73 Å². The number of H-pyrrole nitrogens is 1. The Bertz CT molecular complexity index is 393. The minimum absolute atomic E-state index is 0.163. The summed E-state index contributed by atoms with van der Waals surface area (Å²) in [4.78, 5) is 13.8. The lowest BCUT2D eigenvalue weighted by Gasteiger charge is -2.15. The number of nitrogens with zero attached hydrogens (tertiary/aromatic N) is 2. The second kappa shape index (κ2) is 4.87. The zero-order valence-electron chi connectivity index (χ0n) is 10.5. The lowest BCUT2D eigenvalue weighted by molar-refractivity contribution is -0.130. The molecule has 5 nitrogen and oxygen atoms in total. The lowest BCUT2D eigenvalue weighted by Crippen LogP contribution is -2.32. The lowest BCUT2D eigenvalue weighted by atomic mass is 10.1. The van der Waals surface area contributed by atoms with Crippen LogP contribution >= 0.6 is 0 Å². The Hall–Kier alpha value is -1.36. The van der Waals surface area contributed by atoms with E-state index in [0.29, 0.717) is 13.0 Å². The number of carbonyl (C=O) groups excluding carboxylic acids is 1. The van der Waals surface area contributed by atoms with Crippen LogP contribution in [0, 0.1) is 13.8 Å². The van der Waals surface area contributed by atoms with Gasteiger partial charge in [-0.3, -0.25) is 9.89 Å². The van der Waals surface area contributed by atoms with Gasteiger partial charge in [-0.25, -0.2) is 0 Å². The fraction of sp³-hybridized carbons (Fsp3) is 0.667. The van der Waals surface area contributed by atoms with Crippen LogP contribution in [0.5, 0.6) is 0 Å². The van der Waals surface area contributed by atoms with E-state index in [1.807, 2.05) is 18.7 Å². The molecule has 94 valence electrons. The Morgan fingerprint density at radius 1 is 1.59 bits per heavy atom. The molecular formula is C12H20N4O. The first kappa shape index (κ1) is 12.1. The Balaban J connectivity index is 1.88. The molecule has 1 aromatic heterocycles. The molecule has 0 aromatic carbocycles. The van der Waals surface area contributed by atoms with Crippen molar-refractivity contribution in [1.29, 1.82) is 0 Å². The minimum Gasteiger partial charge on any atom is -0.341 e. The molecule has 1 fully saturated rings. The summed E-state index contributed by atoms with van der Waals surface area (Å²) in [5.41, 5.74) is 9.02. The summed E-state index contributed by atoms with van der Waals surface area (Å²) in [7, 11) is 0. The summed E-state index contributed by atoms with van der Waals surface area (Å²) in [5, 5.41) is 7.08. The first-order chi connectivity index (χ1) is 8.08. The molecule has 0 spiro atoms. The van der Waals surface area contributed by atoms with E-state index in [2.05, 4.69) is 10.2 Å². The average molecular weight is 236 g/mol. The number of hydrogen-bond acceptors (Lipinski definition) is 3. The standard InChI is InChI=1S/C12H20N4O/c1-8-11(9(2)15-14-8)3-4-12(17)16-6-5-10(13)7-16/h10H,3-7,13H2,1-2H3,(H,14,15)/t10-/m0/s1. The van der Waals surface area contributed by atoms with Crippen LogP contribution in [0.15, 0.2) is 0 Å². The Labute approximate surface area is 101 Å².